The van der Waals surface area contributed by atoms with Gasteiger partial charge in [-0.25, -0.2) is 4.98 Å². The quantitative estimate of drug-likeness (QED) is 0.801. The number of nitrogens with zero attached hydrogens (tertiary/aromatic N) is 3. The van der Waals surface area contributed by atoms with Gasteiger partial charge in [-0.15, -0.1) is 0 Å². The summed E-state index contributed by atoms with van der Waals surface area (Å²) in [6, 6.07) is 5.16. The lowest BCUT2D eigenvalue weighted by Gasteiger charge is -2.32. The van der Waals surface area contributed by atoms with E-state index in [9.17, 15) is 9.59 Å². The van der Waals surface area contributed by atoms with E-state index in [0.29, 0.717) is 24.6 Å². The number of nitrogen functional groups attached to an aromatic ring is 1. The minimum atomic E-state index is -0.141. The Kier molecular flexibility index (Phi) is 3.08. The second kappa shape index (κ2) is 4.77. The summed E-state index contributed by atoms with van der Waals surface area (Å²) in [5.41, 5.74) is 5.97. The van der Waals surface area contributed by atoms with Gasteiger partial charge in [0.15, 0.2) is 0 Å². The zero-order valence-corrected chi connectivity index (χ0v) is 11.5. The minimum absolute atomic E-state index is 0.0799. The summed E-state index contributed by atoms with van der Waals surface area (Å²) in [6.07, 6.45) is 1.82. The summed E-state index contributed by atoms with van der Waals surface area (Å²) in [5, 5.41) is 0. The number of pyridine rings is 1. The first-order chi connectivity index (χ1) is 9.56. The fraction of sp³-hybridized carbons (Fsp3) is 0.500. The van der Waals surface area contributed by atoms with Crippen molar-refractivity contribution < 1.29 is 9.59 Å². The Hall–Kier alpha value is -2.11. The molecule has 0 aliphatic carbocycles. The van der Waals surface area contributed by atoms with Crippen LogP contribution in [0.15, 0.2) is 18.2 Å². The smallest absolute Gasteiger partial charge is 0.272 e. The highest BCUT2D eigenvalue weighted by molar-refractivity contribution is 5.93. The molecule has 106 valence electrons. The Balaban J connectivity index is 1.85. The zero-order valence-electron chi connectivity index (χ0n) is 11.5. The van der Waals surface area contributed by atoms with Gasteiger partial charge in [0, 0.05) is 26.2 Å². The Morgan fingerprint density at radius 1 is 1.35 bits per heavy atom. The number of carbonyl (C=O) groups excluding carboxylic acids is 2. The predicted octanol–water partition coefficient (Wildman–Crippen LogP) is 0.357. The summed E-state index contributed by atoms with van der Waals surface area (Å²) in [6.45, 7) is 1.06. The van der Waals surface area contributed by atoms with E-state index in [1.54, 1.807) is 28.0 Å². The van der Waals surface area contributed by atoms with E-state index >= 15 is 0 Å². The van der Waals surface area contributed by atoms with Gasteiger partial charge in [-0.3, -0.25) is 9.59 Å². The summed E-state index contributed by atoms with van der Waals surface area (Å²) in [5.74, 6) is 0.264. The van der Waals surface area contributed by atoms with Crippen LogP contribution in [0, 0.1) is 5.92 Å². The maximum atomic E-state index is 12.5. The van der Waals surface area contributed by atoms with Crippen molar-refractivity contribution in [3.8, 4) is 0 Å². The average Bonchev–Trinajstić information content (AvgIpc) is 2.72. The third-order valence-electron chi connectivity index (χ3n) is 4.24. The van der Waals surface area contributed by atoms with E-state index in [-0.39, 0.29) is 23.8 Å². The highest BCUT2D eigenvalue weighted by atomic mass is 16.2. The third kappa shape index (κ3) is 2.11. The van der Waals surface area contributed by atoms with E-state index in [4.69, 9.17) is 5.73 Å². The van der Waals surface area contributed by atoms with Crippen LogP contribution in [-0.2, 0) is 4.79 Å². The van der Waals surface area contributed by atoms with Crippen LogP contribution in [0.2, 0.25) is 0 Å². The molecule has 3 fully saturated rings. The molecule has 2 bridgehead atoms. The first-order valence-electron chi connectivity index (χ1n) is 6.84. The number of anilines is 1. The number of piperidine rings is 1. The van der Waals surface area contributed by atoms with Crippen LogP contribution in [0.1, 0.15) is 23.3 Å². The molecule has 0 spiro atoms. The molecule has 4 rings (SSSR count). The minimum Gasteiger partial charge on any atom is -0.384 e. The Morgan fingerprint density at radius 3 is 2.90 bits per heavy atom. The second-order valence-electron chi connectivity index (χ2n) is 5.54. The fourth-order valence-corrected chi connectivity index (χ4v) is 3.06. The van der Waals surface area contributed by atoms with Crippen molar-refractivity contribution in [1.82, 2.24) is 14.8 Å². The monoisotopic (exact) mass is 274 g/mol. The lowest BCUT2D eigenvalue weighted by atomic mass is 9.95. The van der Waals surface area contributed by atoms with Crippen LogP contribution >= 0.6 is 0 Å². The highest BCUT2D eigenvalue weighted by Gasteiger charge is 2.40. The number of rotatable bonds is 1. The number of hydrogen-bond acceptors (Lipinski definition) is 4. The summed E-state index contributed by atoms with van der Waals surface area (Å²) in [7, 11) is 1.83. The zero-order chi connectivity index (χ0) is 14.3. The molecule has 0 unspecified atom stereocenters. The highest BCUT2D eigenvalue weighted by Crippen LogP contribution is 2.28. The average molecular weight is 274 g/mol. The normalized spacial score (nSPS) is 25.8. The fourth-order valence-electron chi connectivity index (χ4n) is 3.06. The molecule has 0 aromatic carbocycles. The molecule has 1 aromatic heterocycles. The van der Waals surface area contributed by atoms with Gasteiger partial charge in [0.2, 0.25) is 5.91 Å². The molecule has 3 saturated heterocycles. The predicted molar refractivity (Wildman–Crippen MR) is 73.8 cm³/mol. The maximum Gasteiger partial charge on any atom is 0.272 e. The number of aromatic nitrogens is 1. The van der Waals surface area contributed by atoms with Gasteiger partial charge in [0.1, 0.15) is 11.5 Å². The molecule has 0 radical (unpaired) electrons. The van der Waals surface area contributed by atoms with Gasteiger partial charge in [-0.1, -0.05) is 6.07 Å². The van der Waals surface area contributed by atoms with Crippen molar-refractivity contribution in [3.05, 3.63) is 23.9 Å². The van der Waals surface area contributed by atoms with Crippen molar-refractivity contribution in [2.45, 2.75) is 18.9 Å². The van der Waals surface area contributed by atoms with E-state index in [2.05, 4.69) is 4.98 Å². The van der Waals surface area contributed by atoms with Crippen LogP contribution < -0.4 is 5.73 Å². The van der Waals surface area contributed by atoms with Crippen LogP contribution in [0.3, 0.4) is 0 Å². The Labute approximate surface area is 117 Å². The van der Waals surface area contributed by atoms with E-state index in [1.807, 2.05) is 7.05 Å². The molecule has 0 saturated carbocycles. The first-order valence-corrected chi connectivity index (χ1v) is 6.84. The summed E-state index contributed by atoms with van der Waals surface area (Å²) in [4.78, 5) is 32.2. The molecule has 1 aromatic rings. The van der Waals surface area contributed by atoms with Crippen LogP contribution in [0.25, 0.3) is 0 Å². The van der Waals surface area contributed by atoms with Crippen molar-refractivity contribution in [3.63, 3.8) is 0 Å². The molecule has 2 atom stereocenters. The number of amides is 2. The van der Waals surface area contributed by atoms with Crippen molar-refractivity contribution >= 4 is 17.6 Å². The van der Waals surface area contributed by atoms with Crippen LogP contribution in [-0.4, -0.2) is 52.8 Å². The van der Waals surface area contributed by atoms with Crippen molar-refractivity contribution in [1.29, 1.82) is 0 Å². The second-order valence-corrected chi connectivity index (χ2v) is 5.54. The van der Waals surface area contributed by atoms with Gasteiger partial charge in [0.05, 0.1) is 5.92 Å². The topological polar surface area (TPSA) is 79.5 Å². The number of fused-ring (bicyclic) bond motifs is 4. The Morgan fingerprint density at radius 2 is 2.15 bits per heavy atom. The Bertz CT molecular complexity index is 560. The molecule has 2 N–H and O–H groups in total. The molecular weight excluding hydrogens is 256 g/mol. The van der Waals surface area contributed by atoms with Crippen LogP contribution in [0.4, 0.5) is 5.82 Å². The molecule has 20 heavy (non-hydrogen) atoms. The van der Waals surface area contributed by atoms with E-state index in [1.165, 1.54) is 0 Å². The summed E-state index contributed by atoms with van der Waals surface area (Å²) >= 11 is 0. The number of likely N-dealkylation sites (N-methyl/N-ethyl adjacent to an activating group) is 1. The lowest BCUT2D eigenvalue weighted by molar-refractivity contribution is -0.138. The first kappa shape index (κ1) is 12.9. The molecular formula is C14H18N4O2. The largest absolute Gasteiger partial charge is 0.384 e. The van der Waals surface area contributed by atoms with E-state index in [0.717, 1.165) is 12.8 Å². The maximum absolute atomic E-state index is 12.5. The van der Waals surface area contributed by atoms with Gasteiger partial charge in [-0.2, -0.15) is 0 Å². The molecule has 2 amide bonds. The lowest BCUT2D eigenvalue weighted by Crippen LogP contribution is -2.45. The number of carbonyl (C=O) groups is 2. The number of nitrogens with two attached hydrogens (primary N) is 1. The third-order valence-corrected chi connectivity index (χ3v) is 4.24. The van der Waals surface area contributed by atoms with Gasteiger partial charge in [0.25, 0.3) is 5.91 Å². The summed E-state index contributed by atoms with van der Waals surface area (Å²) < 4.78 is 0. The van der Waals surface area contributed by atoms with Crippen molar-refractivity contribution in [2.75, 3.05) is 25.9 Å². The molecule has 3 aliphatic heterocycles. The molecule has 6 nitrogen and oxygen atoms in total. The standard InChI is InChI=1S/C14H18N4O2/c1-17-10-6-5-9(13(17)19)7-18(8-10)14(20)11-3-2-4-12(15)16-11/h2-4,9-10H,5-8H2,1H3,(H2,15,16)/t9-,10+/m1/s1. The van der Waals surface area contributed by atoms with Crippen molar-refractivity contribution in [2.24, 2.45) is 5.92 Å². The molecule has 6 heteroatoms. The number of hydrogen-bond donors (Lipinski definition) is 1. The molecule has 3 aliphatic rings. The van der Waals surface area contributed by atoms with Gasteiger partial charge in [-0.05, 0) is 25.0 Å². The van der Waals surface area contributed by atoms with E-state index < -0.39 is 0 Å². The van der Waals surface area contributed by atoms with Crippen LogP contribution in [0.5, 0.6) is 0 Å². The molecule has 4 heterocycles. The van der Waals surface area contributed by atoms with Gasteiger partial charge >= 0.3 is 0 Å². The van der Waals surface area contributed by atoms with Gasteiger partial charge < -0.3 is 15.5 Å². The SMILES string of the molecule is CN1C(=O)[C@@H]2CC[C@H]1CN(C(=O)c1cccc(N)n1)C2.